The zero-order chi connectivity index (χ0) is 7.33. The highest BCUT2D eigenvalue weighted by atomic mass is 31.2. The van der Waals surface area contributed by atoms with Crippen molar-refractivity contribution in [3.05, 3.63) is 0 Å². The van der Waals surface area contributed by atoms with Crippen molar-refractivity contribution in [2.75, 3.05) is 6.61 Å². The Morgan fingerprint density at radius 2 is 1.89 bits per heavy atom. The summed E-state index contributed by atoms with van der Waals surface area (Å²) in [6.07, 6.45) is 0. The van der Waals surface area contributed by atoms with Crippen molar-refractivity contribution in [3.8, 4) is 0 Å². The van der Waals surface area contributed by atoms with Gasteiger partial charge >= 0.3 is 7.82 Å². The van der Waals surface area contributed by atoms with Crippen LogP contribution in [0.1, 0.15) is 6.92 Å². The van der Waals surface area contributed by atoms with Crippen LogP contribution in [0.4, 0.5) is 0 Å². The van der Waals surface area contributed by atoms with E-state index in [0.29, 0.717) is 0 Å². The number of hydrogen-bond acceptors (Lipinski definition) is 6. The third kappa shape index (κ3) is 2.90. The lowest BCUT2D eigenvalue weighted by Crippen LogP contribution is -2.07. The van der Waals surface area contributed by atoms with Crippen LogP contribution < -0.4 is 11.8 Å². The maximum Gasteiger partial charge on any atom is 0.507 e. The summed E-state index contributed by atoms with van der Waals surface area (Å²) in [5.74, 6) is 9.02. The number of rotatable bonds is 4. The largest absolute Gasteiger partial charge is 0.507 e. The normalized spacial score (nSPS) is 11.9. The predicted molar refractivity (Wildman–Crippen MR) is 29.8 cm³/mol. The fourth-order valence-electron chi connectivity index (χ4n) is 0.244. The van der Waals surface area contributed by atoms with Gasteiger partial charge in [-0.25, -0.2) is 16.4 Å². The molecule has 0 aromatic rings. The van der Waals surface area contributed by atoms with Crippen LogP contribution in [0, 0.1) is 0 Å². The summed E-state index contributed by atoms with van der Waals surface area (Å²) in [7, 11) is -3.63. The summed E-state index contributed by atoms with van der Waals surface area (Å²) in [6, 6.07) is 0. The summed E-state index contributed by atoms with van der Waals surface area (Å²) in [6.45, 7) is 1.76. The lowest BCUT2D eigenvalue weighted by Gasteiger charge is -2.08. The average Bonchev–Trinajstić information content (AvgIpc) is 1.89. The molecule has 0 aromatic carbocycles. The quantitative estimate of drug-likeness (QED) is 0.436. The number of hydrogen-bond donors (Lipinski definition) is 2. The summed E-state index contributed by atoms with van der Waals surface area (Å²) < 4.78 is 22.6. The van der Waals surface area contributed by atoms with Gasteiger partial charge in [-0.2, -0.15) is 9.25 Å². The summed E-state index contributed by atoms with van der Waals surface area (Å²) in [5, 5.41) is 0. The molecule has 7 heteroatoms. The number of phosphoric acid groups is 1. The van der Waals surface area contributed by atoms with E-state index in [2.05, 4.69) is 25.6 Å². The summed E-state index contributed by atoms with van der Waals surface area (Å²) in [5.41, 5.74) is 0. The molecular weight excluding hydrogens is 147 g/mol. The Morgan fingerprint density at radius 1 is 1.44 bits per heavy atom. The minimum atomic E-state index is -3.63. The van der Waals surface area contributed by atoms with E-state index >= 15 is 0 Å². The van der Waals surface area contributed by atoms with Gasteiger partial charge in [0.2, 0.25) is 0 Å². The van der Waals surface area contributed by atoms with E-state index in [-0.39, 0.29) is 6.61 Å². The Labute approximate surface area is 52.6 Å². The third-order valence-corrected chi connectivity index (χ3v) is 1.64. The van der Waals surface area contributed by atoms with Crippen LogP contribution in [-0.2, 0) is 18.3 Å². The molecule has 56 valence electrons. The first-order valence-corrected chi connectivity index (χ1v) is 3.66. The van der Waals surface area contributed by atoms with Crippen LogP contribution >= 0.6 is 7.82 Å². The minimum absolute atomic E-state index is 0.158. The maximum absolute atomic E-state index is 10.6. The van der Waals surface area contributed by atoms with E-state index in [1.165, 1.54) is 0 Å². The average molecular weight is 156 g/mol. The molecule has 0 atom stereocenters. The SMILES string of the molecule is CCOP(=O)(ON)ON. The molecule has 9 heavy (non-hydrogen) atoms. The molecule has 0 radical (unpaired) electrons. The van der Waals surface area contributed by atoms with Gasteiger partial charge in [0.15, 0.2) is 0 Å². The van der Waals surface area contributed by atoms with Crippen LogP contribution in [-0.4, -0.2) is 6.61 Å². The van der Waals surface area contributed by atoms with Crippen LogP contribution in [0.15, 0.2) is 0 Å². The van der Waals surface area contributed by atoms with Gasteiger partial charge in [0, 0.05) is 0 Å². The maximum atomic E-state index is 10.6. The zero-order valence-corrected chi connectivity index (χ0v) is 5.84. The van der Waals surface area contributed by atoms with E-state index < -0.39 is 7.82 Å². The van der Waals surface area contributed by atoms with Crippen LogP contribution in [0.2, 0.25) is 0 Å². The van der Waals surface area contributed by atoms with Crippen molar-refractivity contribution in [1.82, 2.24) is 0 Å². The Hall–Kier alpha value is 0.0300. The van der Waals surface area contributed by atoms with Gasteiger partial charge < -0.3 is 0 Å². The molecule has 0 unspecified atom stereocenters. The Bertz CT molecular complexity index is 109. The fraction of sp³-hybridized carbons (Fsp3) is 1.00. The smallest absolute Gasteiger partial charge is 0.285 e. The highest BCUT2D eigenvalue weighted by Crippen LogP contribution is 2.45. The highest BCUT2D eigenvalue weighted by molar-refractivity contribution is 7.48. The van der Waals surface area contributed by atoms with Gasteiger partial charge in [-0.1, -0.05) is 0 Å². The molecule has 0 aliphatic rings. The van der Waals surface area contributed by atoms with Gasteiger partial charge in [-0.3, -0.25) is 4.52 Å². The topological polar surface area (TPSA) is 96.8 Å². The van der Waals surface area contributed by atoms with E-state index in [9.17, 15) is 4.57 Å². The first-order valence-electron chi connectivity index (χ1n) is 2.20. The minimum Gasteiger partial charge on any atom is -0.285 e. The first-order chi connectivity index (χ1) is 4.18. The molecule has 0 spiro atoms. The Balaban J connectivity index is 3.78. The molecule has 0 fully saturated rings. The fourth-order valence-corrected chi connectivity index (χ4v) is 0.731. The Kier molecular flexibility index (Phi) is 3.96. The molecule has 0 heterocycles. The van der Waals surface area contributed by atoms with Gasteiger partial charge in [-0.05, 0) is 6.92 Å². The second kappa shape index (κ2) is 3.94. The third-order valence-electron chi connectivity index (χ3n) is 0.545. The van der Waals surface area contributed by atoms with Crippen molar-refractivity contribution in [2.45, 2.75) is 6.92 Å². The van der Waals surface area contributed by atoms with E-state index in [1.54, 1.807) is 6.92 Å². The Morgan fingerprint density at radius 3 is 2.00 bits per heavy atom. The molecule has 0 saturated heterocycles. The lowest BCUT2D eigenvalue weighted by molar-refractivity contribution is 0.119. The molecule has 0 aromatic heterocycles. The van der Waals surface area contributed by atoms with Crippen molar-refractivity contribution >= 4 is 7.82 Å². The monoisotopic (exact) mass is 156 g/mol. The molecule has 0 saturated carbocycles. The molecule has 0 aliphatic heterocycles. The first kappa shape index (κ1) is 9.03. The second-order valence-electron chi connectivity index (χ2n) is 1.08. The number of nitrogens with two attached hydrogens (primary N) is 2. The van der Waals surface area contributed by atoms with Crippen molar-refractivity contribution < 1.29 is 18.3 Å². The van der Waals surface area contributed by atoms with Gasteiger partial charge in [0.05, 0.1) is 6.61 Å². The van der Waals surface area contributed by atoms with Crippen LogP contribution in [0.3, 0.4) is 0 Å². The van der Waals surface area contributed by atoms with E-state index in [4.69, 9.17) is 0 Å². The second-order valence-corrected chi connectivity index (χ2v) is 2.65. The molecule has 6 nitrogen and oxygen atoms in total. The van der Waals surface area contributed by atoms with Crippen molar-refractivity contribution in [1.29, 1.82) is 0 Å². The van der Waals surface area contributed by atoms with Gasteiger partial charge in [0.1, 0.15) is 0 Å². The molecule has 0 amide bonds. The molecule has 0 bridgehead atoms. The van der Waals surface area contributed by atoms with E-state index in [0.717, 1.165) is 0 Å². The predicted octanol–water partition coefficient (Wildman–Crippen LogP) is -0.0884. The van der Waals surface area contributed by atoms with Crippen LogP contribution in [0.25, 0.3) is 0 Å². The summed E-state index contributed by atoms with van der Waals surface area (Å²) >= 11 is 0. The van der Waals surface area contributed by atoms with Gasteiger partial charge in [-0.15, -0.1) is 0 Å². The standard InChI is InChI=1S/C2H9N2O4P/c1-2-6-9(5,7-3)8-4/h2-4H2,1H3. The van der Waals surface area contributed by atoms with E-state index in [1.807, 2.05) is 0 Å². The highest BCUT2D eigenvalue weighted by Gasteiger charge is 2.23. The molecular formula is C2H9N2O4P. The molecule has 0 rings (SSSR count). The van der Waals surface area contributed by atoms with Crippen LogP contribution in [0.5, 0.6) is 0 Å². The molecule has 0 aliphatic carbocycles. The zero-order valence-electron chi connectivity index (χ0n) is 4.94. The van der Waals surface area contributed by atoms with Crippen molar-refractivity contribution in [2.24, 2.45) is 11.8 Å². The van der Waals surface area contributed by atoms with Crippen molar-refractivity contribution in [3.63, 3.8) is 0 Å². The molecule has 4 N–H and O–H groups in total. The summed E-state index contributed by atoms with van der Waals surface area (Å²) in [4.78, 5) is 0. The lowest BCUT2D eigenvalue weighted by atomic mass is 10.9. The van der Waals surface area contributed by atoms with Gasteiger partial charge in [0.25, 0.3) is 0 Å².